The summed E-state index contributed by atoms with van der Waals surface area (Å²) in [5.41, 5.74) is 1.08. The van der Waals surface area contributed by atoms with E-state index in [4.69, 9.17) is 0 Å². The van der Waals surface area contributed by atoms with Gasteiger partial charge in [0.2, 0.25) is 0 Å². The molecule has 2 aromatic rings. The summed E-state index contributed by atoms with van der Waals surface area (Å²) in [5.74, 6) is -0.932. The number of benzene rings is 1. The van der Waals surface area contributed by atoms with Gasteiger partial charge in [-0.05, 0) is 47.5 Å². The molecular weight excluding hydrogens is 317 g/mol. The van der Waals surface area contributed by atoms with E-state index in [0.717, 1.165) is 5.56 Å². The van der Waals surface area contributed by atoms with Crippen molar-refractivity contribution < 1.29 is 9.18 Å². The molecule has 1 N–H and O–H groups in total. The standard InChI is InChI=1S/C13H11BrFNOS/c1-8(9-4-5-18-7-9)16-13(17)11-3-2-10(14)6-12(11)15/h2-8H,1H3,(H,16,17). The van der Waals surface area contributed by atoms with Crippen molar-refractivity contribution in [3.63, 3.8) is 0 Å². The Morgan fingerprint density at radius 1 is 1.44 bits per heavy atom. The second-order valence-corrected chi connectivity index (χ2v) is 5.57. The molecule has 0 saturated carbocycles. The van der Waals surface area contributed by atoms with Crippen LogP contribution in [0.1, 0.15) is 28.9 Å². The molecule has 0 bridgehead atoms. The van der Waals surface area contributed by atoms with E-state index in [-0.39, 0.29) is 11.6 Å². The molecule has 0 spiro atoms. The van der Waals surface area contributed by atoms with Gasteiger partial charge in [0, 0.05) is 4.47 Å². The molecule has 1 aromatic heterocycles. The van der Waals surface area contributed by atoms with Crippen LogP contribution in [0.5, 0.6) is 0 Å². The van der Waals surface area contributed by atoms with Gasteiger partial charge in [-0.1, -0.05) is 15.9 Å². The molecule has 2 rings (SSSR count). The van der Waals surface area contributed by atoms with Crippen LogP contribution in [-0.4, -0.2) is 5.91 Å². The van der Waals surface area contributed by atoms with Crippen LogP contribution in [0.4, 0.5) is 4.39 Å². The Hall–Kier alpha value is -1.20. The molecule has 0 aliphatic heterocycles. The van der Waals surface area contributed by atoms with Gasteiger partial charge in [0.25, 0.3) is 5.91 Å². The van der Waals surface area contributed by atoms with Gasteiger partial charge < -0.3 is 5.32 Å². The van der Waals surface area contributed by atoms with Gasteiger partial charge in [0.15, 0.2) is 0 Å². The van der Waals surface area contributed by atoms with Crippen molar-refractivity contribution in [3.8, 4) is 0 Å². The third-order valence-electron chi connectivity index (χ3n) is 2.57. The first kappa shape index (κ1) is 13.2. The lowest BCUT2D eigenvalue weighted by atomic mass is 10.1. The first-order chi connectivity index (χ1) is 8.58. The number of nitrogens with one attached hydrogen (secondary N) is 1. The third-order valence-corrected chi connectivity index (χ3v) is 3.76. The van der Waals surface area contributed by atoms with Gasteiger partial charge in [-0.3, -0.25) is 4.79 Å². The maximum atomic E-state index is 13.6. The van der Waals surface area contributed by atoms with E-state index in [9.17, 15) is 9.18 Å². The number of amides is 1. The summed E-state index contributed by atoms with van der Waals surface area (Å²) < 4.78 is 14.2. The zero-order valence-electron chi connectivity index (χ0n) is 9.61. The average Bonchev–Trinajstić information content (AvgIpc) is 2.81. The maximum Gasteiger partial charge on any atom is 0.254 e. The molecule has 1 atom stereocenters. The fourth-order valence-corrected chi connectivity index (χ4v) is 2.64. The summed E-state index contributed by atoms with van der Waals surface area (Å²) in [5, 5.41) is 6.68. The fourth-order valence-electron chi connectivity index (χ4n) is 1.55. The molecule has 94 valence electrons. The first-order valence-electron chi connectivity index (χ1n) is 5.36. The van der Waals surface area contributed by atoms with Gasteiger partial charge >= 0.3 is 0 Å². The normalized spacial score (nSPS) is 12.2. The number of carbonyl (C=O) groups is 1. The molecule has 2 nitrogen and oxygen atoms in total. The second-order valence-electron chi connectivity index (χ2n) is 3.88. The highest BCUT2D eigenvalue weighted by molar-refractivity contribution is 9.10. The highest BCUT2D eigenvalue weighted by Crippen LogP contribution is 2.18. The van der Waals surface area contributed by atoms with Crippen LogP contribution in [0.15, 0.2) is 39.5 Å². The molecule has 1 amide bonds. The monoisotopic (exact) mass is 327 g/mol. The van der Waals surface area contributed by atoms with E-state index in [1.807, 2.05) is 23.8 Å². The zero-order chi connectivity index (χ0) is 13.1. The van der Waals surface area contributed by atoms with Crippen LogP contribution in [-0.2, 0) is 0 Å². The summed E-state index contributed by atoms with van der Waals surface area (Å²) in [6.45, 7) is 1.87. The molecule has 1 heterocycles. The third kappa shape index (κ3) is 2.97. The first-order valence-corrected chi connectivity index (χ1v) is 7.09. The lowest BCUT2D eigenvalue weighted by molar-refractivity contribution is 0.0936. The van der Waals surface area contributed by atoms with Crippen LogP contribution in [0, 0.1) is 5.82 Å². The molecule has 0 saturated heterocycles. The van der Waals surface area contributed by atoms with Crippen molar-refractivity contribution in [2.75, 3.05) is 0 Å². The Labute approximate surface area is 117 Å². The zero-order valence-corrected chi connectivity index (χ0v) is 12.0. The van der Waals surface area contributed by atoms with Crippen molar-refractivity contribution in [1.82, 2.24) is 5.32 Å². The van der Waals surface area contributed by atoms with Crippen LogP contribution in [0.2, 0.25) is 0 Å². The molecule has 1 unspecified atom stereocenters. The van der Waals surface area contributed by atoms with Crippen molar-refractivity contribution in [1.29, 1.82) is 0 Å². The Kier molecular flexibility index (Phi) is 4.14. The van der Waals surface area contributed by atoms with Crippen LogP contribution in [0.25, 0.3) is 0 Å². The molecular formula is C13H11BrFNOS. The second kappa shape index (κ2) is 5.63. The Morgan fingerprint density at radius 3 is 2.83 bits per heavy atom. The molecule has 0 fully saturated rings. The molecule has 0 aliphatic carbocycles. The van der Waals surface area contributed by atoms with E-state index in [0.29, 0.717) is 4.47 Å². The van der Waals surface area contributed by atoms with Gasteiger partial charge in [-0.15, -0.1) is 0 Å². The van der Waals surface area contributed by atoms with Crippen molar-refractivity contribution in [2.45, 2.75) is 13.0 Å². The largest absolute Gasteiger partial charge is 0.345 e. The number of halogens is 2. The van der Waals surface area contributed by atoms with Crippen molar-refractivity contribution >= 4 is 33.2 Å². The summed E-state index contributed by atoms with van der Waals surface area (Å²) >= 11 is 4.72. The SMILES string of the molecule is CC(NC(=O)c1ccc(Br)cc1F)c1ccsc1. The maximum absolute atomic E-state index is 13.6. The van der Waals surface area contributed by atoms with Crippen molar-refractivity contribution in [2.24, 2.45) is 0 Å². The molecule has 5 heteroatoms. The van der Waals surface area contributed by atoms with E-state index < -0.39 is 11.7 Å². The van der Waals surface area contributed by atoms with Gasteiger partial charge in [0.05, 0.1) is 11.6 Å². The number of hydrogen-bond acceptors (Lipinski definition) is 2. The quantitative estimate of drug-likeness (QED) is 0.901. The molecule has 0 aliphatic rings. The Balaban J connectivity index is 2.12. The average molecular weight is 328 g/mol. The van der Waals surface area contributed by atoms with E-state index in [1.165, 1.54) is 12.1 Å². The summed E-state index contributed by atoms with van der Waals surface area (Å²) in [6.07, 6.45) is 0. The number of rotatable bonds is 3. The smallest absolute Gasteiger partial charge is 0.254 e. The minimum absolute atomic E-state index is 0.0558. The number of thiophene rings is 1. The van der Waals surface area contributed by atoms with Crippen LogP contribution >= 0.6 is 27.3 Å². The van der Waals surface area contributed by atoms with E-state index in [2.05, 4.69) is 21.2 Å². The highest BCUT2D eigenvalue weighted by Gasteiger charge is 2.15. The van der Waals surface area contributed by atoms with Crippen molar-refractivity contribution in [3.05, 3.63) is 56.4 Å². The number of carbonyl (C=O) groups excluding carboxylic acids is 1. The minimum atomic E-state index is -0.528. The molecule has 18 heavy (non-hydrogen) atoms. The minimum Gasteiger partial charge on any atom is -0.345 e. The van der Waals surface area contributed by atoms with Crippen LogP contribution in [0.3, 0.4) is 0 Å². The number of hydrogen-bond donors (Lipinski definition) is 1. The lowest BCUT2D eigenvalue weighted by Gasteiger charge is -2.13. The molecule has 1 aromatic carbocycles. The summed E-state index contributed by atoms with van der Waals surface area (Å²) in [6, 6.07) is 6.20. The van der Waals surface area contributed by atoms with E-state index in [1.54, 1.807) is 17.4 Å². The van der Waals surface area contributed by atoms with Crippen LogP contribution < -0.4 is 5.32 Å². The van der Waals surface area contributed by atoms with Gasteiger partial charge in [-0.25, -0.2) is 4.39 Å². The Bertz CT molecular complexity index is 556. The summed E-state index contributed by atoms with van der Waals surface area (Å²) in [4.78, 5) is 11.9. The Morgan fingerprint density at radius 2 is 2.22 bits per heavy atom. The van der Waals surface area contributed by atoms with Gasteiger partial charge in [0.1, 0.15) is 5.82 Å². The summed E-state index contributed by atoms with van der Waals surface area (Å²) in [7, 11) is 0. The topological polar surface area (TPSA) is 29.1 Å². The predicted molar refractivity (Wildman–Crippen MR) is 74.3 cm³/mol. The van der Waals surface area contributed by atoms with E-state index >= 15 is 0 Å². The fraction of sp³-hybridized carbons (Fsp3) is 0.154. The van der Waals surface area contributed by atoms with Gasteiger partial charge in [-0.2, -0.15) is 11.3 Å². The predicted octanol–water partition coefficient (Wildman–Crippen LogP) is 4.14. The lowest BCUT2D eigenvalue weighted by Crippen LogP contribution is -2.27. The highest BCUT2D eigenvalue weighted by atomic mass is 79.9. The molecule has 0 radical (unpaired) electrons.